The number of hydrogen-bond acceptors (Lipinski definition) is 6. The van der Waals surface area contributed by atoms with E-state index in [0.29, 0.717) is 22.4 Å². The Morgan fingerprint density at radius 2 is 2.04 bits per heavy atom. The summed E-state index contributed by atoms with van der Waals surface area (Å²) in [5.74, 6) is -0.783. The summed E-state index contributed by atoms with van der Waals surface area (Å²) in [6.45, 7) is 1.81. The molecule has 0 radical (unpaired) electrons. The molecular formula is C18H15N3O4S. The van der Waals surface area contributed by atoms with E-state index in [4.69, 9.17) is 0 Å². The van der Waals surface area contributed by atoms with Crippen LogP contribution in [0.1, 0.15) is 27.7 Å². The number of nitro benzene ring substituents is 1. The molecule has 0 atom stereocenters. The summed E-state index contributed by atoms with van der Waals surface area (Å²) in [5.41, 5.74) is 0.602. The van der Waals surface area contributed by atoms with Crippen LogP contribution in [0.25, 0.3) is 10.1 Å². The maximum atomic E-state index is 12.2. The molecule has 1 N–H and O–H groups in total. The van der Waals surface area contributed by atoms with Crippen LogP contribution in [0.4, 0.5) is 5.69 Å². The average molecular weight is 369 g/mol. The topological polar surface area (TPSA) is 105 Å². The van der Waals surface area contributed by atoms with Crippen LogP contribution >= 0.6 is 11.3 Å². The molecule has 0 spiro atoms. The van der Waals surface area contributed by atoms with Crippen molar-refractivity contribution < 1.29 is 14.8 Å². The Labute approximate surface area is 152 Å². The molecule has 1 aromatic heterocycles. The summed E-state index contributed by atoms with van der Waals surface area (Å²) in [7, 11) is 0. The first-order chi connectivity index (χ1) is 12.5. The number of aromatic hydroxyl groups is 1. The van der Waals surface area contributed by atoms with Crippen molar-refractivity contribution >= 4 is 33.0 Å². The third-order valence-corrected chi connectivity index (χ3v) is 4.96. The number of rotatable bonds is 5. The molecule has 2 aromatic carbocycles. The number of fused-ring (bicyclic) bond motifs is 1. The average Bonchev–Trinajstić information content (AvgIpc) is 3.06. The molecule has 1 heterocycles. The van der Waals surface area contributed by atoms with E-state index in [-0.39, 0.29) is 18.0 Å². The van der Waals surface area contributed by atoms with Gasteiger partial charge < -0.3 is 5.11 Å². The largest absolute Gasteiger partial charge is 0.502 e. The van der Waals surface area contributed by atoms with Gasteiger partial charge in [0.25, 0.3) is 0 Å². The highest BCUT2D eigenvalue weighted by atomic mass is 32.1. The first-order valence-corrected chi connectivity index (χ1v) is 8.70. The van der Waals surface area contributed by atoms with Gasteiger partial charge in [-0.2, -0.15) is 5.11 Å². The molecule has 26 heavy (non-hydrogen) atoms. The van der Waals surface area contributed by atoms with E-state index in [1.165, 1.54) is 17.4 Å². The zero-order valence-electron chi connectivity index (χ0n) is 13.9. The van der Waals surface area contributed by atoms with Crippen molar-refractivity contribution in [1.29, 1.82) is 0 Å². The minimum absolute atomic E-state index is 0.0186. The molecule has 8 heteroatoms. The van der Waals surface area contributed by atoms with E-state index in [9.17, 15) is 20.0 Å². The summed E-state index contributed by atoms with van der Waals surface area (Å²) in [6, 6.07) is 12.3. The van der Waals surface area contributed by atoms with Crippen molar-refractivity contribution in [3.8, 4) is 5.75 Å². The van der Waals surface area contributed by atoms with Crippen LogP contribution in [-0.4, -0.2) is 15.9 Å². The first-order valence-electron chi connectivity index (χ1n) is 7.89. The summed E-state index contributed by atoms with van der Waals surface area (Å²) in [4.78, 5) is 23.0. The number of nitrogens with zero attached hydrogens (tertiary/aromatic N) is 3. The molecule has 132 valence electrons. The van der Waals surface area contributed by atoms with Crippen LogP contribution < -0.4 is 0 Å². The monoisotopic (exact) mass is 369 g/mol. The maximum Gasteiger partial charge on any atom is 0.311 e. The van der Waals surface area contributed by atoms with Crippen molar-refractivity contribution in [2.75, 3.05) is 0 Å². The minimum atomic E-state index is -0.641. The maximum absolute atomic E-state index is 12.2. The lowest BCUT2D eigenvalue weighted by Gasteiger charge is -2.05. The Bertz CT molecular complexity index is 993. The fraction of sp³-hybridized carbons (Fsp3) is 0.167. The van der Waals surface area contributed by atoms with Crippen LogP contribution in [0, 0.1) is 10.1 Å². The molecule has 0 saturated heterocycles. The quantitative estimate of drug-likeness (QED) is 0.393. The van der Waals surface area contributed by atoms with Gasteiger partial charge in [0.2, 0.25) is 0 Å². The highest BCUT2D eigenvalue weighted by molar-refractivity contribution is 7.20. The van der Waals surface area contributed by atoms with Crippen LogP contribution in [0.3, 0.4) is 0 Å². The standard InChI is InChI=1S/C18H15N3O4S/c1-2-12-7-11(8-14(17(12)22)21(24)25)10-19-20-18(23)16-9-13-5-3-4-6-15(13)26-16/h3-9,22H,2,10H2,1H3. The number of azo groups is 1. The smallest absolute Gasteiger partial charge is 0.311 e. The molecule has 0 aliphatic rings. The van der Waals surface area contributed by atoms with Crippen LogP contribution in [-0.2, 0) is 13.0 Å². The lowest BCUT2D eigenvalue weighted by atomic mass is 10.1. The van der Waals surface area contributed by atoms with Crippen molar-refractivity contribution in [3.05, 3.63) is 68.6 Å². The second-order valence-corrected chi connectivity index (χ2v) is 6.67. The number of carbonyl (C=O) groups excluding carboxylic acids is 1. The second kappa shape index (κ2) is 7.40. The van der Waals surface area contributed by atoms with Gasteiger partial charge in [-0.05, 0) is 35.6 Å². The predicted octanol–water partition coefficient (Wildman–Crippen LogP) is 4.87. The highest BCUT2D eigenvalue weighted by Crippen LogP contribution is 2.32. The van der Waals surface area contributed by atoms with Crippen LogP contribution in [0.5, 0.6) is 5.75 Å². The lowest BCUT2D eigenvalue weighted by Crippen LogP contribution is -1.95. The fourth-order valence-corrected chi connectivity index (χ4v) is 3.50. The SMILES string of the molecule is CCc1cc(CN=NC(=O)c2cc3ccccc3s2)cc([N+](=O)[O-])c1O. The predicted molar refractivity (Wildman–Crippen MR) is 98.9 cm³/mol. The zero-order valence-corrected chi connectivity index (χ0v) is 14.7. The molecule has 0 saturated carbocycles. The molecule has 3 rings (SSSR count). The summed E-state index contributed by atoms with van der Waals surface area (Å²) in [6.07, 6.45) is 0.443. The van der Waals surface area contributed by atoms with Gasteiger partial charge in [-0.25, -0.2) is 0 Å². The van der Waals surface area contributed by atoms with E-state index in [2.05, 4.69) is 10.2 Å². The highest BCUT2D eigenvalue weighted by Gasteiger charge is 2.18. The zero-order chi connectivity index (χ0) is 18.7. The van der Waals surface area contributed by atoms with Gasteiger partial charge in [0, 0.05) is 16.3 Å². The van der Waals surface area contributed by atoms with E-state index < -0.39 is 10.8 Å². The number of thiophene rings is 1. The summed E-state index contributed by atoms with van der Waals surface area (Å²) in [5, 5.41) is 29.4. The van der Waals surface area contributed by atoms with Gasteiger partial charge in [-0.1, -0.05) is 25.1 Å². The molecule has 0 aliphatic heterocycles. The molecule has 3 aromatic rings. The van der Waals surface area contributed by atoms with Gasteiger partial charge in [0.05, 0.1) is 16.3 Å². The Morgan fingerprint density at radius 1 is 1.27 bits per heavy atom. The van der Waals surface area contributed by atoms with Gasteiger partial charge in [0.1, 0.15) is 0 Å². The number of hydrogen-bond donors (Lipinski definition) is 1. The second-order valence-electron chi connectivity index (χ2n) is 5.59. The Hall–Kier alpha value is -3.13. The van der Waals surface area contributed by atoms with Crippen molar-refractivity contribution in [3.63, 3.8) is 0 Å². The minimum Gasteiger partial charge on any atom is -0.502 e. The molecule has 0 bridgehead atoms. The number of amides is 1. The summed E-state index contributed by atoms with van der Waals surface area (Å²) >= 11 is 1.34. The normalized spacial score (nSPS) is 11.3. The van der Waals surface area contributed by atoms with E-state index in [1.807, 2.05) is 24.3 Å². The fourth-order valence-electron chi connectivity index (χ4n) is 2.56. The molecular weight excluding hydrogens is 354 g/mol. The van der Waals surface area contributed by atoms with Crippen molar-refractivity contribution in [1.82, 2.24) is 0 Å². The number of aryl methyl sites for hydroxylation is 1. The first kappa shape index (κ1) is 17.7. The van der Waals surface area contributed by atoms with Crippen LogP contribution in [0.15, 0.2) is 52.7 Å². The van der Waals surface area contributed by atoms with Gasteiger partial charge in [-0.15, -0.1) is 16.5 Å². The van der Waals surface area contributed by atoms with Crippen LogP contribution in [0.2, 0.25) is 0 Å². The molecule has 7 nitrogen and oxygen atoms in total. The third-order valence-electron chi connectivity index (χ3n) is 3.86. The van der Waals surface area contributed by atoms with Gasteiger partial charge in [-0.3, -0.25) is 14.9 Å². The van der Waals surface area contributed by atoms with Gasteiger partial charge >= 0.3 is 11.6 Å². The number of carbonyl (C=O) groups is 1. The Kier molecular flexibility index (Phi) is 5.04. The summed E-state index contributed by atoms with van der Waals surface area (Å²) < 4.78 is 0.993. The third kappa shape index (κ3) is 3.60. The number of phenols is 1. The van der Waals surface area contributed by atoms with E-state index >= 15 is 0 Å². The number of phenolic OH excluding ortho intramolecular Hbond substituents is 1. The Morgan fingerprint density at radius 3 is 2.73 bits per heavy atom. The Balaban J connectivity index is 1.78. The lowest BCUT2D eigenvalue weighted by molar-refractivity contribution is -0.386. The number of nitro groups is 1. The van der Waals surface area contributed by atoms with Crippen molar-refractivity contribution in [2.45, 2.75) is 19.9 Å². The van der Waals surface area contributed by atoms with Gasteiger partial charge in [0.15, 0.2) is 5.75 Å². The molecule has 1 amide bonds. The number of benzene rings is 2. The van der Waals surface area contributed by atoms with E-state index in [0.717, 1.165) is 10.1 Å². The van der Waals surface area contributed by atoms with Crippen molar-refractivity contribution in [2.24, 2.45) is 10.2 Å². The molecule has 0 unspecified atom stereocenters. The molecule has 0 aliphatic carbocycles. The van der Waals surface area contributed by atoms with E-state index in [1.54, 1.807) is 19.1 Å². The molecule has 0 fully saturated rings.